The van der Waals surface area contributed by atoms with Gasteiger partial charge in [0.25, 0.3) is 11.6 Å². The molecule has 0 spiro atoms. The van der Waals surface area contributed by atoms with E-state index in [0.717, 1.165) is 11.3 Å². The van der Waals surface area contributed by atoms with E-state index in [1.807, 2.05) is 31.2 Å². The van der Waals surface area contributed by atoms with Crippen molar-refractivity contribution in [1.82, 2.24) is 19.7 Å². The second-order valence-electron chi connectivity index (χ2n) is 5.83. The Hall–Kier alpha value is -3.55. The first kappa shape index (κ1) is 17.3. The van der Waals surface area contributed by atoms with Crippen LogP contribution in [0.4, 0.5) is 5.69 Å². The third-order valence-corrected chi connectivity index (χ3v) is 4.26. The third kappa shape index (κ3) is 3.44. The van der Waals surface area contributed by atoms with Crippen molar-refractivity contribution < 1.29 is 9.72 Å². The first-order valence-corrected chi connectivity index (χ1v) is 7.94. The van der Waals surface area contributed by atoms with Crippen LogP contribution in [0.25, 0.3) is 5.69 Å². The Morgan fingerprint density at radius 1 is 1.23 bits per heavy atom. The average Bonchev–Trinajstić information content (AvgIpc) is 3.21. The molecular formula is C18H17N5O3. The Balaban J connectivity index is 1.78. The van der Waals surface area contributed by atoms with Crippen LogP contribution in [0, 0.1) is 10.1 Å². The molecule has 1 heterocycles. The van der Waals surface area contributed by atoms with Gasteiger partial charge in [-0.05, 0) is 30.7 Å². The van der Waals surface area contributed by atoms with Crippen LogP contribution >= 0.6 is 0 Å². The lowest BCUT2D eigenvalue weighted by Crippen LogP contribution is -2.29. The van der Waals surface area contributed by atoms with Crippen LogP contribution in [0.2, 0.25) is 0 Å². The number of rotatable bonds is 5. The largest absolute Gasteiger partial charge is 0.335 e. The topological polar surface area (TPSA) is 94.2 Å². The number of benzene rings is 2. The van der Waals surface area contributed by atoms with Gasteiger partial charge in [-0.3, -0.25) is 14.9 Å². The molecule has 0 fully saturated rings. The molecule has 0 N–H and O–H groups in total. The standard InChI is InChI=1S/C18H17N5O3/c1-13(14-6-8-16(9-7-14)22-12-19-11-20-22)21(2)18(24)15-4-3-5-17(10-15)23(25)26/h3-13H,1-2H3. The molecule has 1 amide bonds. The number of carbonyl (C=O) groups is 1. The monoisotopic (exact) mass is 351 g/mol. The number of nitro benzene ring substituents is 1. The van der Waals surface area contributed by atoms with Gasteiger partial charge in [0.2, 0.25) is 0 Å². The number of hydrogen-bond donors (Lipinski definition) is 0. The molecule has 8 heteroatoms. The Morgan fingerprint density at radius 2 is 1.96 bits per heavy atom. The lowest BCUT2D eigenvalue weighted by atomic mass is 10.1. The number of nitrogens with zero attached hydrogens (tertiary/aromatic N) is 5. The molecule has 0 aliphatic rings. The summed E-state index contributed by atoms with van der Waals surface area (Å²) in [6, 6.07) is 13.2. The second kappa shape index (κ2) is 7.14. The molecule has 1 unspecified atom stereocenters. The van der Waals surface area contributed by atoms with Crippen molar-refractivity contribution >= 4 is 11.6 Å². The summed E-state index contributed by atoms with van der Waals surface area (Å²) < 4.78 is 1.65. The molecule has 3 rings (SSSR count). The normalized spacial score (nSPS) is 11.8. The Bertz CT molecular complexity index is 922. The van der Waals surface area contributed by atoms with Gasteiger partial charge in [-0.2, -0.15) is 5.10 Å². The van der Waals surface area contributed by atoms with Crippen LogP contribution in [0.1, 0.15) is 28.9 Å². The molecule has 0 saturated carbocycles. The van der Waals surface area contributed by atoms with Crippen molar-refractivity contribution in [1.29, 1.82) is 0 Å². The lowest BCUT2D eigenvalue weighted by Gasteiger charge is -2.25. The highest BCUT2D eigenvalue weighted by Gasteiger charge is 2.20. The summed E-state index contributed by atoms with van der Waals surface area (Å²) in [7, 11) is 1.68. The summed E-state index contributed by atoms with van der Waals surface area (Å²) in [5, 5.41) is 15.0. The zero-order valence-electron chi connectivity index (χ0n) is 14.3. The highest BCUT2D eigenvalue weighted by Crippen LogP contribution is 2.23. The highest BCUT2D eigenvalue weighted by molar-refractivity contribution is 5.94. The Labute approximate surface area is 149 Å². The van der Waals surface area contributed by atoms with Crippen molar-refractivity contribution in [3.8, 4) is 5.69 Å². The van der Waals surface area contributed by atoms with Crippen LogP contribution in [0.3, 0.4) is 0 Å². The summed E-state index contributed by atoms with van der Waals surface area (Å²) in [6.45, 7) is 1.90. The number of amides is 1. The third-order valence-electron chi connectivity index (χ3n) is 4.26. The Kier molecular flexibility index (Phi) is 4.74. The van der Waals surface area contributed by atoms with E-state index in [4.69, 9.17) is 0 Å². The molecule has 8 nitrogen and oxygen atoms in total. The first-order chi connectivity index (χ1) is 12.5. The number of nitro groups is 1. The van der Waals surface area contributed by atoms with Crippen molar-refractivity contribution in [2.45, 2.75) is 13.0 Å². The van der Waals surface area contributed by atoms with Gasteiger partial charge < -0.3 is 4.90 Å². The van der Waals surface area contributed by atoms with E-state index in [0.29, 0.717) is 0 Å². The van der Waals surface area contributed by atoms with Crippen molar-refractivity contribution in [3.05, 3.63) is 82.4 Å². The van der Waals surface area contributed by atoms with E-state index in [1.54, 1.807) is 29.0 Å². The number of aromatic nitrogens is 3. The number of hydrogen-bond acceptors (Lipinski definition) is 5. The van der Waals surface area contributed by atoms with Gasteiger partial charge in [-0.15, -0.1) is 0 Å². The minimum Gasteiger partial charge on any atom is -0.335 e. The van der Waals surface area contributed by atoms with Crippen molar-refractivity contribution in [2.75, 3.05) is 7.05 Å². The van der Waals surface area contributed by atoms with Gasteiger partial charge in [0.15, 0.2) is 0 Å². The minimum atomic E-state index is -0.511. The maximum Gasteiger partial charge on any atom is 0.270 e. The molecule has 3 aromatic rings. The number of non-ortho nitro benzene ring substituents is 1. The Morgan fingerprint density at radius 3 is 2.58 bits per heavy atom. The average molecular weight is 351 g/mol. The maximum atomic E-state index is 12.7. The fourth-order valence-corrected chi connectivity index (χ4v) is 2.60. The van der Waals surface area contributed by atoms with E-state index >= 15 is 0 Å². The van der Waals surface area contributed by atoms with Gasteiger partial charge in [-0.1, -0.05) is 18.2 Å². The second-order valence-corrected chi connectivity index (χ2v) is 5.83. The highest BCUT2D eigenvalue weighted by atomic mass is 16.6. The molecule has 0 aliphatic carbocycles. The van der Waals surface area contributed by atoms with Gasteiger partial charge in [-0.25, -0.2) is 9.67 Å². The molecule has 1 atom stereocenters. The molecule has 0 bridgehead atoms. The smallest absolute Gasteiger partial charge is 0.270 e. The summed E-state index contributed by atoms with van der Waals surface area (Å²) >= 11 is 0. The number of carbonyl (C=O) groups excluding carboxylic acids is 1. The lowest BCUT2D eigenvalue weighted by molar-refractivity contribution is -0.384. The van der Waals surface area contributed by atoms with Crippen molar-refractivity contribution in [2.24, 2.45) is 0 Å². The molecule has 2 aromatic carbocycles. The summed E-state index contributed by atoms with van der Waals surface area (Å²) in [4.78, 5) is 28.5. The maximum absolute atomic E-state index is 12.7. The van der Waals surface area contributed by atoms with Crippen LogP contribution in [0.5, 0.6) is 0 Å². The molecular weight excluding hydrogens is 334 g/mol. The fraction of sp³-hybridized carbons (Fsp3) is 0.167. The summed E-state index contributed by atoms with van der Waals surface area (Å²) in [6.07, 6.45) is 3.07. The van der Waals surface area contributed by atoms with Crippen LogP contribution < -0.4 is 0 Å². The van der Waals surface area contributed by atoms with Gasteiger partial charge >= 0.3 is 0 Å². The molecule has 26 heavy (non-hydrogen) atoms. The predicted octanol–water partition coefficient (Wildman–Crippen LogP) is 3.01. The van der Waals surface area contributed by atoms with Crippen LogP contribution in [-0.2, 0) is 0 Å². The molecule has 0 aliphatic heterocycles. The van der Waals surface area contributed by atoms with E-state index < -0.39 is 4.92 Å². The predicted molar refractivity (Wildman–Crippen MR) is 95.0 cm³/mol. The quantitative estimate of drug-likeness (QED) is 0.520. The van der Waals surface area contributed by atoms with E-state index in [9.17, 15) is 14.9 Å². The van der Waals surface area contributed by atoms with Crippen LogP contribution in [-0.4, -0.2) is 37.5 Å². The summed E-state index contributed by atoms with van der Waals surface area (Å²) in [5.74, 6) is -0.276. The van der Waals surface area contributed by atoms with E-state index in [2.05, 4.69) is 10.1 Å². The SMILES string of the molecule is CC(c1ccc(-n2cncn2)cc1)N(C)C(=O)c1cccc([N+](=O)[O-])c1. The zero-order chi connectivity index (χ0) is 18.7. The fourth-order valence-electron chi connectivity index (χ4n) is 2.60. The van der Waals surface area contributed by atoms with E-state index in [-0.39, 0.29) is 23.2 Å². The van der Waals surface area contributed by atoms with Crippen LogP contribution in [0.15, 0.2) is 61.2 Å². The molecule has 0 saturated heterocycles. The molecule has 132 valence electrons. The van der Waals surface area contributed by atoms with Gasteiger partial charge in [0.05, 0.1) is 16.7 Å². The van der Waals surface area contributed by atoms with E-state index in [1.165, 1.54) is 24.5 Å². The zero-order valence-corrected chi connectivity index (χ0v) is 14.3. The first-order valence-electron chi connectivity index (χ1n) is 7.94. The minimum absolute atomic E-state index is 0.103. The van der Waals surface area contributed by atoms with Gasteiger partial charge in [0.1, 0.15) is 12.7 Å². The van der Waals surface area contributed by atoms with Crippen molar-refractivity contribution in [3.63, 3.8) is 0 Å². The molecule has 0 radical (unpaired) electrons. The summed E-state index contributed by atoms with van der Waals surface area (Å²) in [5.41, 5.74) is 1.99. The molecule has 1 aromatic heterocycles. The van der Waals surface area contributed by atoms with Gasteiger partial charge in [0, 0.05) is 24.7 Å².